The first-order chi connectivity index (χ1) is 9.58. The summed E-state index contributed by atoms with van der Waals surface area (Å²) in [5.74, 6) is -0.453. The van der Waals surface area contributed by atoms with Gasteiger partial charge in [-0.25, -0.2) is 0 Å². The molecule has 104 valence electrons. The largest absolute Gasteiger partial charge is 0.481 e. The Kier molecular flexibility index (Phi) is 3.04. The summed E-state index contributed by atoms with van der Waals surface area (Å²) in [5.41, 5.74) is 2.55. The van der Waals surface area contributed by atoms with E-state index >= 15 is 0 Å². The van der Waals surface area contributed by atoms with E-state index in [0.717, 1.165) is 6.42 Å². The quantitative estimate of drug-likeness (QED) is 0.925. The fraction of sp³-hybridized carbons (Fsp3) is 0.400. The van der Waals surface area contributed by atoms with E-state index in [2.05, 4.69) is 22.3 Å². The summed E-state index contributed by atoms with van der Waals surface area (Å²) in [6.07, 6.45) is 0.915. The van der Waals surface area contributed by atoms with Gasteiger partial charge in [-0.15, -0.1) is 0 Å². The molecule has 0 spiro atoms. The highest BCUT2D eigenvalue weighted by Crippen LogP contribution is 2.39. The summed E-state index contributed by atoms with van der Waals surface area (Å²) in [7, 11) is 0. The number of carboxylic acids is 1. The van der Waals surface area contributed by atoms with Crippen LogP contribution in [0.2, 0.25) is 0 Å². The van der Waals surface area contributed by atoms with Crippen molar-refractivity contribution in [2.24, 2.45) is 5.92 Å². The molecule has 3 atom stereocenters. The number of nitrogens with zero attached hydrogens (tertiary/aromatic N) is 2. The summed E-state index contributed by atoms with van der Waals surface area (Å²) in [6, 6.07) is 8.19. The van der Waals surface area contributed by atoms with Gasteiger partial charge in [-0.2, -0.15) is 4.98 Å². The number of aromatic nitrogens is 2. The Balaban J connectivity index is 1.81. The molecule has 0 amide bonds. The van der Waals surface area contributed by atoms with Crippen molar-refractivity contribution >= 4 is 5.97 Å². The van der Waals surface area contributed by atoms with E-state index in [9.17, 15) is 4.79 Å². The number of benzene rings is 1. The van der Waals surface area contributed by atoms with Crippen LogP contribution in [-0.4, -0.2) is 21.2 Å². The Labute approximate surface area is 116 Å². The van der Waals surface area contributed by atoms with Crippen molar-refractivity contribution in [1.29, 1.82) is 0 Å². The molecule has 3 rings (SSSR count). The second kappa shape index (κ2) is 4.74. The highest BCUT2D eigenvalue weighted by atomic mass is 16.5. The molecule has 0 saturated heterocycles. The van der Waals surface area contributed by atoms with Crippen LogP contribution in [0, 0.1) is 5.92 Å². The smallest absolute Gasteiger partial charge is 0.307 e. The lowest BCUT2D eigenvalue weighted by atomic mass is 9.77. The van der Waals surface area contributed by atoms with Gasteiger partial charge in [-0.05, 0) is 17.5 Å². The summed E-state index contributed by atoms with van der Waals surface area (Å²) in [6.45, 7) is 3.44. The summed E-state index contributed by atoms with van der Waals surface area (Å²) < 4.78 is 5.25. The van der Waals surface area contributed by atoms with Gasteiger partial charge in [0, 0.05) is 5.92 Å². The predicted molar refractivity (Wildman–Crippen MR) is 71.5 cm³/mol. The first-order valence-electron chi connectivity index (χ1n) is 6.72. The number of fused-ring (bicyclic) bond motifs is 1. The lowest BCUT2D eigenvalue weighted by Crippen LogP contribution is -2.20. The third kappa shape index (κ3) is 1.99. The highest BCUT2D eigenvalue weighted by molar-refractivity contribution is 5.70. The lowest BCUT2D eigenvalue weighted by molar-refractivity contribution is -0.141. The molecule has 1 heterocycles. The van der Waals surface area contributed by atoms with Gasteiger partial charge in [0.05, 0.1) is 11.8 Å². The first-order valence-corrected chi connectivity index (χ1v) is 6.72. The van der Waals surface area contributed by atoms with Crippen molar-refractivity contribution in [2.45, 2.75) is 32.1 Å². The average molecular weight is 272 g/mol. The minimum atomic E-state index is -0.855. The Morgan fingerprint density at radius 2 is 2.15 bits per heavy atom. The second-order valence-corrected chi connectivity index (χ2v) is 5.36. The number of hydrogen-bond acceptors (Lipinski definition) is 4. The fourth-order valence-corrected chi connectivity index (χ4v) is 2.49. The number of carbonyl (C=O) groups is 1. The van der Waals surface area contributed by atoms with E-state index in [1.807, 2.05) is 12.1 Å². The molecule has 1 N–H and O–H groups in total. The number of aliphatic carboxylic acids is 1. The Hall–Kier alpha value is -2.17. The molecule has 0 bridgehead atoms. The molecule has 1 aliphatic carbocycles. The standard InChI is InChI=1S/C15H16N2O3/c1-8(9(2)15(18)19)14-16-13(17-20-14)12-7-10-5-3-4-6-11(10)12/h3-6,8-9,12H,7H2,1-2H3,(H,18,19). The molecule has 5 nitrogen and oxygen atoms in total. The number of carboxylic acid groups (broad SMARTS) is 1. The first kappa shape index (κ1) is 12.8. The normalized spacial score (nSPS) is 19.8. The molecule has 5 heteroatoms. The van der Waals surface area contributed by atoms with E-state index < -0.39 is 11.9 Å². The average Bonchev–Trinajstić information content (AvgIpc) is 2.87. The van der Waals surface area contributed by atoms with Gasteiger partial charge in [-0.1, -0.05) is 43.3 Å². The minimum absolute atomic E-state index is 0.177. The van der Waals surface area contributed by atoms with E-state index in [-0.39, 0.29) is 11.8 Å². The van der Waals surface area contributed by atoms with Gasteiger partial charge in [0.25, 0.3) is 0 Å². The zero-order valence-corrected chi connectivity index (χ0v) is 11.4. The maximum Gasteiger partial charge on any atom is 0.307 e. The molecule has 0 radical (unpaired) electrons. The van der Waals surface area contributed by atoms with Crippen LogP contribution in [-0.2, 0) is 11.2 Å². The van der Waals surface area contributed by atoms with E-state index in [0.29, 0.717) is 11.7 Å². The molecule has 0 fully saturated rings. The number of hydrogen-bond donors (Lipinski definition) is 1. The third-order valence-electron chi connectivity index (χ3n) is 4.15. The SMILES string of the molecule is CC(C(=O)O)C(C)c1nc(C2Cc3ccccc32)no1. The van der Waals surface area contributed by atoms with Crippen molar-refractivity contribution < 1.29 is 14.4 Å². The monoisotopic (exact) mass is 272 g/mol. The highest BCUT2D eigenvalue weighted by Gasteiger charge is 2.33. The van der Waals surface area contributed by atoms with Gasteiger partial charge >= 0.3 is 5.97 Å². The molecule has 1 aromatic carbocycles. The zero-order valence-electron chi connectivity index (χ0n) is 11.4. The minimum Gasteiger partial charge on any atom is -0.481 e. The Morgan fingerprint density at radius 1 is 1.40 bits per heavy atom. The molecule has 0 saturated carbocycles. The fourth-order valence-electron chi connectivity index (χ4n) is 2.49. The van der Waals surface area contributed by atoms with Gasteiger partial charge in [0.2, 0.25) is 5.89 Å². The summed E-state index contributed by atoms with van der Waals surface area (Å²) >= 11 is 0. The maximum absolute atomic E-state index is 11.0. The molecule has 0 aliphatic heterocycles. The van der Waals surface area contributed by atoms with Crippen molar-refractivity contribution in [2.75, 3.05) is 0 Å². The number of rotatable bonds is 4. The van der Waals surface area contributed by atoms with Crippen LogP contribution in [0.5, 0.6) is 0 Å². The Bertz CT molecular complexity index is 650. The van der Waals surface area contributed by atoms with Crippen LogP contribution >= 0.6 is 0 Å². The lowest BCUT2D eigenvalue weighted by Gasteiger charge is -2.27. The molecular weight excluding hydrogens is 256 g/mol. The van der Waals surface area contributed by atoms with Crippen molar-refractivity contribution in [3.05, 3.63) is 47.1 Å². The molecular formula is C15H16N2O3. The van der Waals surface area contributed by atoms with Gasteiger partial charge in [0.1, 0.15) is 0 Å². The van der Waals surface area contributed by atoms with Gasteiger partial charge in [0.15, 0.2) is 5.82 Å². The van der Waals surface area contributed by atoms with Crippen LogP contribution in [0.25, 0.3) is 0 Å². The van der Waals surface area contributed by atoms with Crippen LogP contribution in [0.15, 0.2) is 28.8 Å². The maximum atomic E-state index is 11.0. The summed E-state index contributed by atoms with van der Waals surface area (Å²) in [4.78, 5) is 15.4. The van der Waals surface area contributed by atoms with E-state index in [4.69, 9.17) is 9.63 Å². The van der Waals surface area contributed by atoms with E-state index in [1.165, 1.54) is 11.1 Å². The molecule has 1 aromatic heterocycles. The van der Waals surface area contributed by atoms with Gasteiger partial charge < -0.3 is 9.63 Å². The van der Waals surface area contributed by atoms with Gasteiger partial charge in [-0.3, -0.25) is 4.79 Å². The second-order valence-electron chi connectivity index (χ2n) is 5.36. The molecule has 2 aromatic rings. The van der Waals surface area contributed by atoms with Crippen LogP contribution < -0.4 is 0 Å². The zero-order chi connectivity index (χ0) is 14.3. The molecule has 20 heavy (non-hydrogen) atoms. The molecule has 1 aliphatic rings. The summed E-state index contributed by atoms with van der Waals surface area (Å²) in [5, 5.41) is 13.0. The predicted octanol–water partition coefficient (Wildman–Crippen LogP) is 2.58. The Morgan fingerprint density at radius 3 is 2.85 bits per heavy atom. The van der Waals surface area contributed by atoms with Crippen LogP contribution in [0.4, 0.5) is 0 Å². The van der Waals surface area contributed by atoms with Crippen LogP contribution in [0.1, 0.15) is 48.5 Å². The third-order valence-corrected chi connectivity index (χ3v) is 4.15. The topological polar surface area (TPSA) is 76.2 Å². The van der Waals surface area contributed by atoms with Crippen molar-refractivity contribution in [3.8, 4) is 0 Å². The van der Waals surface area contributed by atoms with Crippen LogP contribution in [0.3, 0.4) is 0 Å². The van der Waals surface area contributed by atoms with Crippen molar-refractivity contribution in [3.63, 3.8) is 0 Å². The molecule has 3 unspecified atom stereocenters. The van der Waals surface area contributed by atoms with Crippen molar-refractivity contribution in [1.82, 2.24) is 10.1 Å². The van der Waals surface area contributed by atoms with E-state index in [1.54, 1.807) is 13.8 Å².